The molecule has 0 saturated carbocycles. The summed E-state index contributed by atoms with van der Waals surface area (Å²) in [6.45, 7) is 13.3. The summed E-state index contributed by atoms with van der Waals surface area (Å²) in [5.74, 6) is -0.587. The molecule has 0 fully saturated rings. The average Bonchev–Trinajstić information content (AvgIpc) is 2.97. The highest BCUT2D eigenvalue weighted by atomic mass is 16.6. The molecule has 0 bridgehead atoms. The molecule has 0 aliphatic heterocycles. The van der Waals surface area contributed by atoms with Crippen LogP contribution < -0.4 is 5.82 Å². The van der Waals surface area contributed by atoms with Gasteiger partial charge in [0.1, 0.15) is 0 Å². The SMILES string of the molecule is CC.CC(=O)OCc1oc(=O)oc1C(C)(C)C(C)(C)c1ccccc1. The van der Waals surface area contributed by atoms with E-state index in [0.717, 1.165) is 5.56 Å². The smallest absolute Gasteiger partial charge is 0.458 e. The third-order valence-electron chi connectivity index (χ3n) is 4.68. The fourth-order valence-corrected chi connectivity index (χ4v) is 2.55. The van der Waals surface area contributed by atoms with Crippen molar-refractivity contribution in [3.63, 3.8) is 0 Å². The van der Waals surface area contributed by atoms with Crippen molar-refractivity contribution in [1.29, 1.82) is 0 Å². The lowest BCUT2D eigenvalue weighted by Crippen LogP contribution is -2.40. The van der Waals surface area contributed by atoms with Crippen LogP contribution in [-0.2, 0) is 27.0 Å². The Balaban J connectivity index is 0.00000151. The summed E-state index contributed by atoms with van der Waals surface area (Å²) < 4.78 is 15.4. The Kier molecular flexibility index (Phi) is 6.79. The maximum absolute atomic E-state index is 11.6. The maximum atomic E-state index is 11.6. The first-order chi connectivity index (χ1) is 11.7. The molecule has 5 nitrogen and oxygen atoms in total. The van der Waals surface area contributed by atoms with Gasteiger partial charge in [-0.1, -0.05) is 71.9 Å². The van der Waals surface area contributed by atoms with Gasteiger partial charge in [-0.25, -0.2) is 4.79 Å². The summed E-state index contributed by atoms with van der Waals surface area (Å²) in [6, 6.07) is 9.96. The first-order valence-electron chi connectivity index (χ1n) is 8.48. The number of carbonyl (C=O) groups is 1. The molecule has 25 heavy (non-hydrogen) atoms. The first kappa shape index (κ1) is 20.7. The van der Waals surface area contributed by atoms with Gasteiger partial charge >= 0.3 is 11.8 Å². The summed E-state index contributed by atoms with van der Waals surface area (Å²) in [5.41, 5.74) is 0.196. The standard InChI is InChI=1S/C18H22O5.C2H6/c1-12(19)21-11-14-15(23-16(20)22-14)18(4,5)17(2,3)13-9-7-6-8-10-13;1-2/h6-10H,11H2,1-5H3;1-2H3. The monoisotopic (exact) mass is 348 g/mol. The van der Waals surface area contributed by atoms with Crippen molar-refractivity contribution in [2.75, 3.05) is 0 Å². The number of hydrogen-bond acceptors (Lipinski definition) is 5. The van der Waals surface area contributed by atoms with Gasteiger partial charge in [0, 0.05) is 17.8 Å². The van der Waals surface area contributed by atoms with E-state index in [2.05, 4.69) is 13.8 Å². The van der Waals surface area contributed by atoms with Crippen LogP contribution in [0, 0.1) is 0 Å². The fourth-order valence-electron chi connectivity index (χ4n) is 2.55. The van der Waals surface area contributed by atoms with Gasteiger partial charge in [-0.05, 0) is 5.56 Å². The fraction of sp³-hybridized carbons (Fsp3) is 0.500. The van der Waals surface area contributed by atoms with E-state index in [9.17, 15) is 9.59 Å². The van der Waals surface area contributed by atoms with Crippen LogP contribution in [0.1, 0.15) is 65.6 Å². The first-order valence-corrected chi connectivity index (χ1v) is 8.48. The average molecular weight is 348 g/mol. The normalized spacial score (nSPS) is 11.5. The molecule has 0 unspecified atom stereocenters. The molecule has 5 heteroatoms. The minimum absolute atomic E-state index is 0.120. The Hall–Kier alpha value is -2.30. The van der Waals surface area contributed by atoms with Crippen molar-refractivity contribution in [3.05, 3.63) is 58.0 Å². The lowest BCUT2D eigenvalue weighted by atomic mass is 9.62. The maximum Gasteiger partial charge on any atom is 0.519 e. The third kappa shape index (κ3) is 4.41. The molecule has 0 saturated heterocycles. The van der Waals surface area contributed by atoms with Crippen LogP contribution >= 0.6 is 0 Å². The lowest BCUT2D eigenvalue weighted by molar-refractivity contribution is -0.142. The van der Waals surface area contributed by atoms with Crippen LogP contribution in [0.5, 0.6) is 0 Å². The van der Waals surface area contributed by atoms with Gasteiger partial charge in [0.2, 0.25) is 0 Å². The number of rotatable bonds is 5. The molecule has 1 aromatic carbocycles. The predicted molar refractivity (Wildman–Crippen MR) is 96.6 cm³/mol. The molecule has 0 aliphatic carbocycles. The second kappa shape index (κ2) is 8.19. The molecular weight excluding hydrogens is 320 g/mol. The zero-order chi connectivity index (χ0) is 19.3. The molecular formula is C20H28O5. The molecule has 2 aromatic rings. The minimum Gasteiger partial charge on any atom is -0.458 e. The molecule has 0 atom stereocenters. The highest BCUT2D eigenvalue weighted by Crippen LogP contribution is 2.44. The highest BCUT2D eigenvalue weighted by molar-refractivity contribution is 5.65. The largest absolute Gasteiger partial charge is 0.519 e. The van der Waals surface area contributed by atoms with Crippen molar-refractivity contribution in [1.82, 2.24) is 0 Å². The predicted octanol–water partition coefficient (Wildman–Crippen LogP) is 4.58. The van der Waals surface area contributed by atoms with Gasteiger partial charge in [-0.2, -0.15) is 0 Å². The topological polar surface area (TPSA) is 69.7 Å². The number of hydrogen-bond donors (Lipinski definition) is 0. The minimum atomic E-state index is -0.793. The Morgan fingerprint density at radius 3 is 2.08 bits per heavy atom. The summed E-state index contributed by atoms with van der Waals surface area (Å²) in [7, 11) is 0. The summed E-state index contributed by atoms with van der Waals surface area (Å²) in [4.78, 5) is 22.6. The molecule has 1 heterocycles. The Bertz CT molecular complexity index is 735. The van der Waals surface area contributed by atoms with Crippen LogP contribution in [0.3, 0.4) is 0 Å². The zero-order valence-corrected chi connectivity index (χ0v) is 16.1. The van der Waals surface area contributed by atoms with Crippen LogP contribution in [0.2, 0.25) is 0 Å². The molecule has 2 rings (SSSR count). The van der Waals surface area contributed by atoms with E-state index < -0.39 is 17.2 Å². The van der Waals surface area contributed by atoms with Gasteiger partial charge < -0.3 is 13.6 Å². The molecule has 0 spiro atoms. The van der Waals surface area contributed by atoms with Crippen molar-refractivity contribution in [2.24, 2.45) is 0 Å². The highest BCUT2D eigenvalue weighted by Gasteiger charge is 2.44. The van der Waals surface area contributed by atoms with Crippen molar-refractivity contribution < 1.29 is 18.4 Å². The van der Waals surface area contributed by atoms with Gasteiger partial charge in [0.25, 0.3) is 0 Å². The van der Waals surface area contributed by atoms with Crippen LogP contribution in [-0.4, -0.2) is 5.97 Å². The van der Waals surface area contributed by atoms with Crippen molar-refractivity contribution >= 4 is 5.97 Å². The molecule has 0 aliphatic rings. The second-order valence-corrected chi connectivity index (χ2v) is 6.60. The van der Waals surface area contributed by atoms with E-state index in [1.165, 1.54) is 6.92 Å². The summed E-state index contributed by atoms with van der Waals surface area (Å²) >= 11 is 0. The summed E-state index contributed by atoms with van der Waals surface area (Å²) in [6.07, 6.45) is 0. The van der Waals surface area contributed by atoms with E-state index in [4.69, 9.17) is 13.6 Å². The quantitative estimate of drug-likeness (QED) is 0.740. The van der Waals surface area contributed by atoms with E-state index in [-0.39, 0.29) is 17.8 Å². The second-order valence-electron chi connectivity index (χ2n) is 6.60. The number of esters is 1. The zero-order valence-electron chi connectivity index (χ0n) is 16.1. The van der Waals surface area contributed by atoms with Gasteiger partial charge in [-0.3, -0.25) is 4.79 Å². The Labute approximate surface area is 149 Å². The van der Waals surface area contributed by atoms with Gasteiger partial charge in [-0.15, -0.1) is 0 Å². The molecule has 0 N–H and O–H groups in total. The van der Waals surface area contributed by atoms with Crippen molar-refractivity contribution in [2.45, 2.75) is 65.9 Å². The molecule has 138 valence electrons. The molecule has 1 aromatic heterocycles. The van der Waals surface area contributed by atoms with E-state index in [1.807, 2.05) is 58.0 Å². The summed E-state index contributed by atoms with van der Waals surface area (Å²) in [5, 5.41) is 0. The number of benzene rings is 1. The molecule has 0 amide bonds. The Morgan fingerprint density at radius 1 is 1.00 bits per heavy atom. The van der Waals surface area contributed by atoms with Crippen molar-refractivity contribution in [3.8, 4) is 0 Å². The Morgan fingerprint density at radius 2 is 1.56 bits per heavy atom. The third-order valence-corrected chi connectivity index (χ3v) is 4.68. The lowest BCUT2D eigenvalue weighted by Gasteiger charge is -2.40. The van der Waals surface area contributed by atoms with Crippen LogP contribution in [0.25, 0.3) is 0 Å². The van der Waals surface area contributed by atoms with Gasteiger partial charge in [0.15, 0.2) is 18.1 Å². The van der Waals surface area contributed by atoms with Crippen LogP contribution in [0.4, 0.5) is 0 Å². The van der Waals surface area contributed by atoms with E-state index >= 15 is 0 Å². The van der Waals surface area contributed by atoms with E-state index in [1.54, 1.807) is 0 Å². The van der Waals surface area contributed by atoms with Gasteiger partial charge in [0.05, 0.1) is 0 Å². The van der Waals surface area contributed by atoms with E-state index in [0.29, 0.717) is 5.76 Å². The number of carbonyl (C=O) groups excluding carboxylic acids is 1. The van der Waals surface area contributed by atoms with Crippen LogP contribution in [0.15, 0.2) is 44.0 Å². The molecule has 0 radical (unpaired) electrons. The number of ether oxygens (including phenoxy) is 1.